The summed E-state index contributed by atoms with van der Waals surface area (Å²) in [5.74, 6) is -1.28. The lowest BCUT2D eigenvalue weighted by Gasteiger charge is -2.38. The van der Waals surface area contributed by atoms with Crippen molar-refractivity contribution < 1.29 is 27.1 Å². The molecule has 2 aliphatic rings. The second kappa shape index (κ2) is 7.23. The summed E-state index contributed by atoms with van der Waals surface area (Å²) in [6.07, 6.45) is 0.300. The molecule has 0 bridgehead atoms. The third kappa shape index (κ3) is 3.73. The maximum absolute atomic E-state index is 13.6. The Labute approximate surface area is 164 Å². The number of amides is 2. The minimum absolute atomic E-state index is 0.00335. The number of sulfone groups is 1. The molecule has 27 heavy (non-hydrogen) atoms. The van der Waals surface area contributed by atoms with Crippen molar-refractivity contribution in [1.29, 1.82) is 0 Å². The molecule has 10 heteroatoms. The minimum Gasteiger partial charge on any atom is -0.466 e. The van der Waals surface area contributed by atoms with Crippen LogP contribution in [0.2, 0.25) is 0 Å². The molecule has 1 saturated heterocycles. The number of nitrogens with zero attached hydrogens (tertiary/aromatic N) is 1. The number of urea groups is 1. The number of ether oxygens (including phenoxy) is 1. The van der Waals surface area contributed by atoms with Gasteiger partial charge >= 0.3 is 12.0 Å². The number of carbonyl (C=O) groups is 2. The number of hydrogen-bond acceptors (Lipinski definition) is 5. The maximum Gasteiger partial charge on any atom is 0.337 e. The third-order valence-corrected chi connectivity index (χ3v) is 7.14. The molecule has 2 atom stereocenters. The number of methoxy groups -OCH3 is 1. The van der Waals surface area contributed by atoms with Crippen molar-refractivity contribution in [2.45, 2.75) is 25.4 Å². The van der Waals surface area contributed by atoms with Gasteiger partial charge in [-0.05, 0) is 47.0 Å². The fraction of sp³-hybridized carbons (Fsp3) is 0.412. The smallest absolute Gasteiger partial charge is 0.337 e. The largest absolute Gasteiger partial charge is 0.466 e. The summed E-state index contributed by atoms with van der Waals surface area (Å²) in [4.78, 5) is 26.5. The first kappa shape index (κ1) is 19.8. The van der Waals surface area contributed by atoms with Gasteiger partial charge in [-0.25, -0.2) is 22.4 Å². The molecule has 146 valence electrons. The standard InChI is InChI=1S/C17H18BrFN2O5S/c1-9-14(16(22)26-2)15(10-3-4-13(19)12(18)7-10)20-17(23)21(9)11-5-6-27(24,25)8-11/h3-4,7,11,15H,5-6,8H2,1-2H3,(H,20,23)/t11-,15+/m1/s1. The van der Waals surface area contributed by atoms with E-state index in [9.17, 15) is 22.4 Å². The first-order valence-corrected chi connectivity index (χ1v) is 10.8. The normalized spacial score (nSPS) is 24.7. The van der Waals surface area contributed by atoms with E-state index in [1.54, 1.807) is 6.92 Å². The van der Waals surface area contributed by atoms with E-state index in [2.05, 4.69) is 21.2 Å². The van der Waals surface area contributed by atoms with Crippen LogP contribution in [0.1, 0.15) is 24.9 Å². The van der Waals surface area contributed by atoms with Gasteiger partial charge < -0.3 is 10.1 Å². The lowest BCUT2D eigenvalue weighted by molar-refractivity contribution is -0.136. The number of rotatable bonds is 3. The molecule has 1 aromatic carbocycles. The van der Waals surface area contributed by atoms with Crippen LogP contribution >= 0.6 is 15.9 Å². The summed E-state index contributed by atoms with van der Waals surface area (Å²) >= 11 is 3.10. The van der Waals surface area contributed by atoms with Crippen LogP contribution in [0.5, 0.6) is 0 Å². The summed E-state index contributed by atoms with van der Waals surface area (Å²) in [5, 5.41) is 2.72. The molecule has 1 aromatic rings. The second-order valence-corrected chi connectivity index (χ2v) is 9.56. The fourth-order valence-corrected chi connectivity index (χ4v) is 5.59. The van der Waals surface area contributed by atoms with Crippen molar-refractivity contribution in [3.63, 3.8) is 0 Å². The van der Waals surface area contributed by atoms with E-state index in [-0.39, 0.29) is 21.6 Å². The molecule has 0 aliphatic carbocycles. The summed E-state index contributed by atoms with van der Waals surface area (Å²) in [5.41, 5.74) is 1.01. The highest BCUT2D eigenvalue weighted by Crippen LogP contribution is 2.35. The Morgan fingerprint density at radius 2 is 2.11 bits per heavy atom. The summed E-state index contributed by atoms with van der Waals surface area (Å²) in [6.45, 7) is 1.58. The van der Waals surface area contributed by atoms with Crippen LogP contribution in [-0.4, -0.2) is 50.0 Å². The number of benzene rings is 1. The Bertz CT molecular complexity index is 947. The quantitative estimate of drug-likeness (QED) is 0.698. The van der Waals surface area contributed by atoms with Crippen molar-refractivity contribution in [3.8, 4) is 0 Å². The van der Waals surface area contributed by atoms with E-state index < -0.39 is 39.7 Å². The average Bonchev–Trinajstić information content (AvgIpc) is 2.95. The Morgan fingerprint density at radius 1 is 1.41 bits per heavy atom. The number of halogens is 2. The van der Waals surface area contributed by atoms with E-state index in [1.165, 1.54) is 30.2 Å². The predicted octanol–water partition coefficient (Wildman–Crippen LogP) is 2.29. The molecule has 0 spiro atoms. The van der Waals surface area contributed by atoms with Gasteiger partial charge in [-0.3, -0.25) is 4.90 Å². The topological polar surface area (TPSA) is 92.8 Å². The summed E-state index contributed by atoms with van der Waals surface area (Å²) in [7, 11) is -2.00. The second-order valence-electron chi connectivity index (χ2n) is 6.47. The number of allylic oxidation sites excluding steroid dienone is 1. The van der Waals surface area contributed by atoms with Crippen LogP contribution in [0, 0.1) is 5.82 Å². The van der Waals surface area contributed by atoms with Gasteiger partial charge in [0.15, 0.2) is 9.84 Å². The molecule has 1 fully saturated rings. The third-order valence-electron chi connectivity index (χ3n) is 4.78. The van der Waals surface area contributed by atoms with Crippen molar-refractivity contribution in [1.82, 2.24) is 10.2 Å². The van der Waals surface area contributed by atoms with Crippen LogP contribution < -0.4 is 5.32 Å². The Hall–Kier alpha value is -1.94. The fourth-order valence-electron chi connectivity index (χ4n) is 3.49. The van der Waals surface area contributed by atoms with Crippen LogP contribution in [0.4, 0.5) is 9.18 Å². The van der Waals surface area contributed by atoms with E-state index in [1.807, 2.05) is 0 Å². The van der Waals surface area contributed by atoms with Gasteiger partial charge in [0.25, 0.3) is 0 Å². The molecule has 0 aromatic heterocycles. The highest BCUT2D eigenvalue weighted by molar-refractivity contribution is 9.10. The average molecular weight is 461 g/mol. The van der Waals surface area contributed by atoms with Crippen molar-refractivity contribution >= 4 is 37.8 Å². The Kier molecular flexibility index (Phi) is 5.31. The van der Waals surface area contributed by atoms with Crippen LogP contribution in [0.3, 0.4) is 0 Å². The van der Waals surface area contributed by atoms with Gasteiger partial charge in [0, 0.05) is 5.70 Å². The molecule has 7 nitrogen and oxygen atoms in total. The number of nitrogens with one attached hydrogen (secondary N) is 1. The first-order chi connectivity index (χ1) is 12.6. The van der Waals surface area contributed by atoms with Crippen molar-refractivity contribution in [2.75, 3.05) is 18.6 Å². The monoisotopic (exact) mass is 460 g/mol. The van der Waals surface area contributed by atoms with Crippen molar-refractivity contribution in [2.24, 2.45) is 0 Å². The molecular formula is C17H18BrFN2O5S. The van der Waals surface area contributed by atoms with Gasteiger partial charge in [0.05, 0.1) is 40.7 Å². The van der Waals surface area contributed by atoms with Gasteiger partial charge in [-0.1, -0.05) is 6.07 Å². The lowest BCUT2D eigenvalue weighted by atomic mass is 9.94. The Morgan fingerprint density at radius 3 is 2.67 bits per heavy atom. The molecule has 0 radical (unpaired) electrons. The molecule has 1 N–H and O–H groups in total. The molecule has 3 rings (SSSR count). The molecule has 2 heterocycles. The van der Waals surface area contributed by atoms with E-state index in [0.29, 0.717) is 17.7 Å². The van der Waals surface area contributed by atoms with Crippen LogP contribution in [0.25, 0.3) is 0 Å². The number of carbonyl (C=O) groups excluding carboxylic acids is 2. The molecule has 0 unspecified atom stereocenters. The number of esters is 1. The zero-order valence-electron chi connectivity index (χ0n) is 14.7. The summed E-state index contributed by atoms with van der Waals surface area (Å²) in [6, 6.07) is 2.29. The zero-order valence-corrected chi connectivity index (χ0v) is 17.1. The van der Waals surface area contributed by atoms with E-state index in [4.69, 9.17) is 4.74 Å². The number of hydrogen-bond donors (Lipinski definition) is 1. The maximum atomic E-state index is 13.6. The van der Waals surface area contributed by atoms with Gasteiger partial charge in [-0.15, -0.1) is 0 Å². The molecular weight excluding hydrogens is 443 g/mol. The first-order valence-electron chi connectivity index (χ1n) is 8.19. The molecule has 2 aliphatic heterocycles. The molecule has 0 saturated carbocycles. The van der Waals surface area contributed by atoms with E-state index >= 15 is 0 Å². The van der Waals surface area contributed by atoms with Gasteiger partial charge in [-0.2, -0.15) is 0 Å². The van der Waals surface area contributed by atoms with Crippen LogP contribution in [0.15, 0.2) is 33.9 Å². The van der Waals surface area contributed by atoms with Crippen molar-refractivity contribution in [3.05, 3.63) is 45.3 Å². The summed E-state index contributed by atoms with van der Waals surface area (Å²) < 4.78 is 42.3. The molecule has 2 amide bonds. The van der Waals surface area contributed by atoms with E-state index in [0.717, 1.165) is 0 Å². The zero-order chi connectivity index (χ0) is 19.9. The van der Waals surface area contributed by atoms with Crippen LogP contribution in [-0.2, 0) is 19.4 Å². The van der Waals surface area contributed by atoms with Gasteiger partial charge in [0.2, 0.25) is 0 Å². The highest BCUT2D eigenvalue weighted by Gasteiger charge is 2.42. The predicted molar refractivity (Wildman–Crippen MR) is 99.0 cm³/mol. The lowest BCUT2D eigenvalue weighted by Crippen LogP contribution is -2.52. The highest BCUT2D eigenvalue weighted by atomic mass is 79.9. The minimum atomic E-state index is -3.22. The SMILES string of the molecule is COC(=O)C1=C(C)N([C@@H]2CCS(=O)(=O)C2)C(=O)N[C@H]1c1ccc(F)c(Br)c1. The van der Waals surface area contributed by atoms with Gasteiger partial charge in [0.1, 0.15) is 5.82 Å². The Balaban J connectivity index is 2.08.